The molecule has 1 aliphatic rings. The summed E-state index contributed by atoms with van der Waals surface area (Å²) in [4.78, 5) is 14.8. The highest BCUT2D eigenvalue weighted by Crippen LogP contribution is 2.22. The van der Waals surface area contributed by atoms with E-state index < -0.39 is 9.84 Å². The zero-order valence-corrected chi connectivity index (χ0v) is 15.4. The van der Waals surface area contributed by atoms with Crippen LogP contribution in [0.4, 0.5) is 0 Å². The average molecular weight is 378 g/mol. The van der Waals surface area contributed by atoms with E-state index in [1.807, 2.05) is 12.1 Å². The molecule has 1 aliphatic heterocycles. The lowest BCUT2D eigenvalue weighted by atomic mass is 10.1. The summed E-state index contributed by atoms with van der Waals surface area (Å²) in [7, 11) is -3.36. The van der Waals surface area contributed by atoms with Crippen LogP contribution in [-0.2, 0) is 14.6 Å². The quantitative estimate of drug-likeness (QED) is 0.819. The number of sulfone groups is 1. The van der Waals surface area contributed by atoms with Gasteiger partial charge < -0.3 is 14.5 Å². The number of morpholine rings is 1. The Bertz CT molecular complexity index is 842. The van der Waals surface area contributed by atoms with Gasteiger partial charge in [-0.1, -0.05) is 6.07 Å². The molecular formula is C18H22N2O5S. The van der Waals surface area contributed by atoms with Crippen LogP contribution in [0.5, 0.6) is 0 Å². The van der Waals surface area contributed by atoms with Crippen LogP contribution in [0.2, 0.25) is 0 Å². The van der Waals surface area contributed by atoms with Gasteiger partial charge in [-0.05, 0) is 30.3 Å². The minimum absolute atomic E-state index is 0.101. The first-order valence-corrected chi connectivity index (χ1v) is 10.3. The van der Waals surface area contributed by atoms with Crippen LogP contribution in [0.15, 0.2) is 52.0 Å². The number of nitrogens with zero attached hydrogens (tertiary/aromatic N) is 1. The fraction of sp³-hybridized carbons (Fsp3) is 0.389. The Hall–Kier alpha value is -2.16. The smallest absolute Gasteiger partial charge is 0.251 e. The molecule has 0 saturated carbocycles. The van der Waals surface area contributed by atoms with Gasteiger partial charge in [0.15, 0.2) is 9.84 Å². The Morgan fingerprint density at radius 2 is 2.00 bits per heavy atom. The van der Waals surface area contributed by atoms with Crippen molar-refractivity contribution in [2.24, 2.45) is 0 Å². The monoisotopic (exact) mass is 378 g/mol. The van der Waals surface area contributed by atoms with E-state index in [1.165, 1.54) is 12.1 Å². The summed E-state index contributed by atoms with van der Waals surface area (Å²) in [6.45, 7) is 3.15. The summed E-state index contributed by atoms with van der Waals surface area (Å²) < 4.78 is 34.3. The van der Waals surface area contributed by atoms with Crippen molar-refractivity contribution in [3.05, 3.63) is 54.0 Å². The van der Waals surface area contributed by atoms with Crippen LogP contribution in [0.3, 0.4) is 0 Å². The van der Waals surface area contributed by atoms with Gasteiger partial charge in [-0.15, -0.1) is 0 Å². The number of hydrogen-bond acceptors (Lipinski definition) is 6. The number of furan rings is 1. The van der Waals surface area contributed by atoms with Crippen LogP contribution in [0.25, 0.3) is 0 Å². The fourth-order valence-corrected chi connectivity index (χ4v) is 3.61. The molecule has 1 N–H and O–H groups in total. The van der Waals surface area contributed by atoms with Crippen LogP contribution in [0.1, 0.15) is 22.2 Å². The molecule has 1 unspecified atom stereocenters. The molecule has 0 aliphatic carbocycles. The molecule has 0 radical (unpaired) electrons. The van der Waals surface area contributed by atoms with Crippen molar-refractivity contribution in [1.82, 2.24) is 10.2 Å². The molecule has 1 fully saturated rings. The van der Waals surface area contributed by atoms with Crippen molar-refractivity contribution in [1.29, 1.82) is 0 Å². The van der Waals surface area contributed by atoms with Gasteiger partial charge in [-0.3, -0.25) is 9.69 Å². The van der Waals surface area contributed by atoms with E-state index in [2.05, 4.69) is 10.2 Å². The van der Waals surface area contributed by atoms with Gasteiger partial charge >= 0.3 is 0 Å². The average Bonchev–Trinajstić information content (AvgIpc) is 3.16. The lowest BCUT2D eigenvalue weighted by molar-refractivity contribution is 0.0118. The predicted molar refractivity (Wildman–Crippen MR) is 95.7 cm³/mol. The Labute approximate surface area is 152 Å². The maximum atomic E-state index is 12.5. The van der Waals surface area contributed by atoms with Crippen molar-refractivity contribution in [2.45, 2.75) is 10.9 Å². The molecule has 2 heterocycles. The number of carbonyl (C=O) groups excluding carboxylic acids is 1. The summed E-state index contributed by atoms with van der Waals surface area (Å²) >= 11 is 0. The third kappa shape index (κ3) is 4.51. The summed E-state index contributed by atoms with van der Waals surface area (Å²) in [5, 5.41) is 2.89. The molecule has 0 bridgehead atoms. The van der Waals surface area contributed by atoms with E-state index in [-0.39, 0.29) is 16.8 Å². The van der Waals surface area contributed by atoms with Gasteiger partial charge in [0.25, 0.3) is 5.91 Å². The van der Waals surface area contributed by atoms with Crippen LogP contribution >= 0.6 is 0 Å². The zero-order valence-electron chi connectivity index (χ0n) is 14.6. The highest BCUT2D eigenvalue weighted by molar-refractivity contribution is 7.90. The first kappa shape index (κ1) is 18.6. The number of carbonyl (C=O) groups is 1. The molecule has 7 nitrogen and oxygen atoms in total. The molecule has 140 valence electrons. The van der Waals surface area contributed by atoms with E-state index in [0.717, 1.165) is 25.1 Å². The Morgan fingerprint density at radius 1 is 1.23 bits per heavy atom. The number of ether oxygens (including phenoxy) is 1. The topological polar surface area (TPSA) is 88.8 Å². The maximum absolute atomic E-state index is 12.5. The van der Waals surface area contributed by atoms with E-state index >= 15 is 0 Å². The van der Waals surface area contributed by atoms with Gasteiger partial charge in [-0.2, -0.15) is 0 Å². The van der Waals surface area contributed by atoms with Crippen molar-refractivity contribution >= 4 is 15.7 Å². The fourth-order valence-electron chi connectivity index (χ4n) is 2.94. The minimum atomic E-state index is -3.36. The van der Waals surface area contributed by atoms with E-state index in [0.29, 0.717) is 25.3 Å². The SMILES string of the molecule is CS(=O)(=O)c1cccc(C(=O)NCC(c2ccco2)N2CCOCC2)c1. The van der Waals surface area contributed by atoms with Crippen LogP contribution < -0.4 is 5.32 Å². The number of benzene rings is 1. The number of rotatable bonds is 6. The van der Waals surface area contributed by atoms with Crippen LogP contribution in [-0.4, -0.2) is 58.3 Å². The number of amides is 1. The first-order chi connectivity index (χ1) is 12.4. The molecule has 1 aromatic carbocycles. The largest absolute Gasteiger partial charge is 0.468 e. The summed E-state index contributed by atoms with van der Waals surface area (Å²) in [6.07, 6.45) is 2.73. The standard InChI is InChI=1S/C18H22N2O5S/c1-26(22,23)15-5-2-4-14(12-15)18(21)19-13-16(17-6-3-9-25-17)20-7-10-24-11-8-20/h2-6,9,12,16H,7-8,10-11,13H2,1H3,(H,19,21). The van der Waals surface area contributed by atoms with Crippen LogP contribution in [0, 0.1) is 0 Å². The molecule has 1 amide bonds. The molecule has 1 aromatic heterocycles. The highest BCUT2D eigenvalue weighted by atomic mass is 32.2. The Balaban J connectivity index is 1.71. The van der Waals surface area contributed by atoms with Crippen molar-refractivity contribution in [3.63, 3.8) is 0 Å². The van der Waals surface area contributed by atoms with Gasteiger partial charge in [0.05, 0.1) is 30.4 Å². The lowest BCUT2D eigenvalue weighted by Gasteiger charge is -2.33. The van der Waals surface area contributed by atoms with Gasteiger partial charge in [0.2, 0.25) is 0 Å². The normalized spacial score (nSPS) is 17.0. The molecule has 8 heteroatoms. The molecule has 2 aromatic rings. The molecule has 0 spiro atoms. The minimum Gasteiger partial charge on any atom is -0.468 e. The molecule has 1 saturated heterocycles. The second kappa shape index (κ2) is 8.03. The second-order valence-corrected chi connectivity index (χ2v) is 8.21. The molecule has 3 rings (SSSR count). The summed E-state index contributed by atoms with van der Waals surface area (Å²) in [5.41, 5.74) is 0.313. The van der Waals surface area contributed by atoms with Crippen molar-refractivity contribution < 1.29 is 22.4 Å². The third-order valence-corrected chi connectivity index (χ3v) is 5.45. The Morgan fingerprint density at radius 3 is 2.65 bits per heavy atom. The highest BCUT2D eigenvalue weighted by Gasteiger charge is 2.25. The molecule has 26 heavy (non-hydrogen) atoms. The van der Waals surface area contributed by atoms with Gasteiger partial charge in [0, 0.05) is 31.5 Å². The predicted octanol–water partition coefficient (Wildman–Crippen LogP) is 1.49. The number of nitrogens with one attached hydrogen (secondary N) is 1. The van der Waals surface area contributed by atoms with Gasteiger partial charge in [-0.25, -0.2) is 8.42 Å². The van der Waals surface area contributed by atoms with Crippen molar-refractivity contribution in [2.75, 3.05) is 39.1 Å². The van der Waals surface area contributed by atoms with E-state index in [1.54, 1.807) is 18.4 Å². The third-order valence-electron chi connectivity index (χ3n) is 4.34. The van der Waals surface area contributed by atoms with Gasteiger partial charge in [0.1, 0.15) is 5.76 Å². The summed E-state index contributed by atoms with van der Waals surface area (Å²) in [5.74, 6) is 0.456. The summed E-state index contributed by atoms with van der Waals surface area (Å²) in [6, 6.07) is 9.64. The zero-order chi connectivity index (χ0) is 18.6. The maximum Gasteiger partial charge on any atom is 0.251 e. The second-order valence-electron chi connectivity index (χ2n) is 6.19. The molecular weight excluding hydrogens is 356 g/mol. The number of hydrogen-bond donors (Lipinski definition) is 1. The Kier molecular flexibility index (Phi) is 5.75. The lowest BCUT2D eigenvalue weighted by Crippen LogP contribution is -2.43. The van der Waals surface area contributed by atoms with Crippen molar-refractivity contribution in [3.8, 4) is 0 Å². The van der Waals surface area contributed by atoms with E-state index in [4.69, 9.17) is 9.15 Å². The van der Waals surface area contributed by atoms with E-state index in [9.17, 15) is 13.2 Å². The molecule has 1 atom stereocenters. The first-order valence-electron chi connectivity index (χ1n) is 8.38.